The van der Waals surface area contributed by atoms with Crippen LogP contribution < -0.4 is 15.4 Å². The Hall–Kier alpha value is -3.41. The van der Waals surface area contributed by atoms with Crippen molar-refractivity contribution in [2.45, 2.75) is 25.9 Å². The lowest BCUT2D eigenvalue weighted by atomic mass is 9.95. The molecule has 3 aromatic rings. The summed E-state index contributed by atoms with van der Waals surface area (Å²) in [7, 11) is 0. The van der Waals surface area contributed by atoms with Gasteiger partial charge in [0.1, 0.15) is 18.0 Å². The minimum atomic E-state index is -0.699. The number of hydrogen-bond acceptors (Lipinski definition) is 7. The van der Waals surface area contributed by atoms with Crippen molar-refractivity contribution < 1.29 is 9.13 Å². The number of nitrogen functional groups attached to an aromatic ring is 1. The molecule has 1 spiro atoms. The van der Waals surface area contributed by atoms with Crippen LogP contribution in [0, 0.1) is 28.0 Å². The minimum absolute atomic E-state index is 0.00204. The van der Waals surface area contributed by atoms with Crippen LogP contribution in [0.5, 0.6) is 5.75 Å². The number of nitrogens with zero attached hydrogens (tertiary/aromatic N) is 4. The van der Waals surface area contributed by atoms with Crippen molar-refractivity contribution in [1.82, 2.24) is 9.97 Å². The molecule has 1 aliphatic carbocycles. The largest absolute Gasteiger partial charge is 0.483 e. The van der Waals surface area contributed by atoms with Crippen molar-refractivity contribution in [3.63, 3.8) is 0 Å². The topological polar surface area (TPSA) is 112 Å². The third kappa shape index (κ3) is 4.26. The molecule has 0 bridgehead atoms. The van der Waals surface area contributed by atoms with Gasteiger partial charge in [0.05, 0.1) is 21.3 Å². The van der Waals surface area contributed by atoms with Gasteiger partial charge in [0.15, 0.2) is 11.6 Å². The number of nitriles is 1. The van der Waals surface area contributed by atoms with Crippen LogP contribution in [0.3, 0.4) is 0 Å². The predicted octanol–water partition coefficient (Wildman–Crippen LogP) is 5.53. The molecule has 1 aliphatic heterocycles. The molecular formula is C25H21Cl2FN6O. The Kier molecular flexibility index (Phi) is 5.78. The number of ether oxygens (including phenoxy) is 1. The number of halogens is 3. The number of rotatable bonds is 6. The fourth-order valence-corrected chi connectivity index (χ4v) is 5.10. The normalized spacial score (nSPS) is 16.4. The highest BCUT2D eigenvalue weighted by atomic mass is 35.5. The van der Waals surface area contributed by atoms with Gasteiger partial charge in [-0.05, 0) is 31.9 Å². The Morgan fingerprint density at radius 3 is 2.54 bits per heavy atom. The van der Waals surface area contributed by atoms with E-state index >= 15 is 0 Å². The number of anilines is 2. The Morgan fingerprint density at radius 2 is 1.91 bits per heavy atom. The van der Waals surface area contributed by atoms with Crippen molar-refractivity contribution in [3.05, 3.63) is 74.9 Å². The third-order valence-electron chi connectivity index (χ3n) is 6.56. The third-order valence-corrected chi connectivity index (χ3v) is 7.16. The fraction of sp³-hybridized carbons (Fsp3) is 0.280. The molecule has 2 aromatic heterocycles. The summed E-state index contributed by atoms with van der Waals surface area (Å²) in [5, 5.41) is 19.0. The molecule has 35 heavy (non-hydrogen) atoms. The van der Waals surface area contributed by atoms with E-state index in [2.05, 4.69) is 20.9 Å². The predicted molar refractivity (Wildman–Crippen MR) is 133 cm³/mol. The summed E-state index contributed by atoms with van der Waals surface area (Å²) >= 11 is 12.4. The summed E-state index contributed by atoms with van der Waals surface area (Å²) in [6, 6.07) is 6.26. The van der Waals surface area contributed by atoms with Gasteiger partial charge in [0.25, 0.3) is 0 Å². The second-order valence-electron chi connectivity index (χ2n) is 9.08. The van der Waals surface area contributed by atoms with Crippen LogP contribution in [0.4, 0.5) is 15.9 Å². The molecule has 7 nitrogen and oxygen atoms in total. The van der Waals surface area contributed by atoms with E-state index in [4.69, 9.17) is 39.1 Å². The van der Waals surface area contributed by atoms with Crippen LogP contribution in [0.25, 0.3) is 0 Å². The minimum Gasteiger partial charge on any atom is -0.483 e. The molecule has 1 aromatic carbocycles. The molecule has 3 N–H and O–H groups in total. The quantitative estimate of drug-likeness (QED) is 0.332. The van der Waals surface area contributed by atoms with E-state index in [1.54, 1.807) is 19.2 Å². The summed E-state index contributed by atoms with van der Waals surface area (Å²) in [4.78, 5) is 10.5. The molecule has 2 aliphatic rings. The zero-order valence-electron chi connectivity index (χ0n) is 18.8. The van der Waals surface area contributed by atoms with Crippen LogP contribution in [0.15, 0.2) is 36.8 Å². The number of aromatic nitrogens is 2. The molecule has 1 atom stereocenters. The number of hydrogen-bond donors (Lipinski definition) is 2. The summed E-state index contributed by atoms with van der Waals surface area (Å²) in [5.74, 6) is -0.182. The van der Waals surface area contributed by atoms with Gasteiger partial charge in [0, 0.05) is 65.5 Å². The Bertz CT molecular complexity index is 1370. The van der Waals surface area contributed by atoms with Crippen LogP contribution in [0.2, 0.25) is 10.0 Å². The first-order valence-electron chi connectivity index (χ1n) is 11.0. The van der Waals surface area contributed by atoms with E-state index in [1.807, 2.05) is 0 Å². The van der Waals surface area contributed by atoms with Crippen LogP contribution >= 0.6 is 23.2 Å². The average Bonchev–Trinajstić information content (AvgIpc) is 3.60. The van der Waals surface area contributed by atoms with Crippen molar-refractivity contribution in [3.8, 4) is 11.8 Å². The van der Waals surface area contributed by atoms with Gasteiger partial charge >= 0.3 is 0 Å². The molecule has 178 valence electrons. The first-order valence-corrected chi connectivity index (χ1v) is 11.8. The first kappa shape index (κ1) is 23.3. The maximum Gasteiger partial charge on any atom is 0.167 e. The molecule has 3 heterocycles. The number of benzene rings is 1. The van der Waals surface area contributed by atoms with Crippen molar-refractivity contribution in [2.75, 3.05) is 23.7 Å². The highest BCUT2D eigenvalue weighted by Gasteiger charge is 2.53. The van der Waals surface area contributed by atoms with Crippen molar-refractivity contribution in [1.29, 1.82) is 10.7 Å². The molecule has 0 unspecified atom stereocenters. The first-order chi connectivity index (χ1) is 16.7. The smallest absolute Gasteiger partial charge is 0.167 e. The fourth-order valence-electron chi connectivity index (χ4n) is 4.42. The number of nitrogens with two attached hydrogens (primary N) is 1. The Labute approximate surface area is 211 Å². The summed E-state index contributed by atoms with van der Waals surface area (Å²) in [5.41, 5.74) is 8.03. The molecular weight excluding hydrogens is 490 g/mol. The molecule has 1 saturated carbocycles. The van der Waals surface area contributed by atoms with Gasteiger partial charge in [-0.2, -0.15) is 5.26 Å². The Balaban J connectivity index is 1.42. The lowest BCUT2D eigenvalue weighted by molar-refractivity contribution is 0.216. The van der Waals surface area contributed by atoms with Gasteiger partial charge in [-0.3, -0.25) is 10.4 Å². The highest BCUT2D eigenvalue weighted by Crippen LogP contribution is 2.54. The molecule has 1 saturated heterocycles. The van der Waals surface area contributed by atoms with Gasteiger partial charge in [-0.15, -0.1) is 0 Å². The molecule has 0 radical (unpaired) electrons. The van der Waals surface area contributed by atoms with Crippen LogP contribution in [-0.2, 0) is 0 Å². The summed E-state index contributed by atoms with van der Waals surface area (Å²) < 4.78 is 20.6. The second-order valence-corrected chi connectivity index (χ2v) is 9.90. The standard InChI is InChI=1S/C25H21Cl2FN6O/c1-13(22-17(26)9-32-10-18(22)27)35-21-5-16(20(30)6-19(21)28)23(31)15-4-14(7-29)24(33-8-15)34-11-25(12-34)2-3-25/h4-6,8-10,13,31H,2-3,11-12,30H2,1H3/t13-/m1/s1. The average molecular weight is 511 g/mol. The van der Waals surface area contributed by atoms with Crippen LogP contribution in [-0.4, -0.2) is 28.8 Å². The zero-order valence-corrected chi connectivity index (χ0v) is 20.3. The number of pyridine rings is 2. The van der Waals surface area contributed by atoms with Crippen molar-refractivity contribution in [2.24, 2.45) is 5.41 Å². The zero-order chi connectivity index (χ0) is 24.9. The maximum absolute atomic E-state index is 14.7. The van der Waals surface area contributed by atoms with Gasteiger partial charge in [-0.1, -0.05) is 23.2 Å². The maximum atomic E-state index is 14.7. The van der Waals surface area contributed by atoms with E-state index in [1.165, 1.54) is 31.3 Å². The van der Waals surface area contributed by atoms with Gasteiger partial charge < -0.3 is 15.4 Å². The lowest BCUT2D eigenvalue weighted by Crippen LogP contribution is -2.49. The molecule has 0 amide bonds. The van der Waals surface area contributed by atoms with Crippen LogP contribution in [0.1, 0.15) is 48.1 Å². The lowest BCUT2D eigenvalue weighted by Gasteiger charge is -2.41. The Morgan fingerprint density at radius 1 is 1.23 bits per heavy atom. The molecule has 5 rings (SSSR count). The molecule has 2 fully saturated rings. The van der Waals surface area contributed by atoms with E-state index in [0.29, 0.717) is 38.0 Å². The van der Waals surface area contributed by atoms with E-state index in [0.717, 1.165) is 19.2 Å². The summed E-state index contributed by atoms with van der Waals surface area (Å²) in [6.45, 7) is 3.48. The van der Waals surface area contributed by atoms with Gasteiger partial charge in [0.2, 0.25) is 0 Å². The summed E-state index contributed by atoms with van der Waals surface area (Å²) in [6.07, 6.45) is 6.14. The van der Waals surface area contributed by atoms with Gasteiger partial charge in [-0.25, -0.2) is 9.37 Å². The van der Waals surface area contributed by atoms with E-state index < -0.39 is 11.9 Å². The highest BCUT2D eigenvalue weighted by molar-refractivity contribution is 6.35. The monoisotopic (exact) mass is 510 g/mol. The van der Waals surface area contributed by atoms with Crippen molar-refractivity contribution >= 4 is 40.4 Å². The second kappa shape index (κ2) is 8.67. The van der Waals surface area contributed by atoms with E-state index in [-0.39, 0.29) is 22.7 Å². The SMILES string of the molecule is C[C@@H](Oc1cc(C(=N)c2cnc(N3CC4(CC4)C3)c(C#N)c2)c(N)cc1F)c1c(Cl)cncc1Cl. The number of nitrogens with one attached hydrogen (secondary N) is 1. The van der Waals surface area contributed by atoms with E-state index in [9.17, 15) is 9.65 Å². The molecule has 10 heteroatoms.